The van der Waals surface area contributed by atoms with Gasteiger partial charge in [0.2, 0.25) is 0 Å². The topological polar surface area (TPSA) is 75.8 Å². The summed E-state index contributed by atoms with van der Waals surface area (Å²) in [5, 5.41) is 13.1. The third-order valence-electron chi connectivity index (χ3n) is 5.35. The normalized spacial score (nSPS) is 40.9. The third kappa shape index (κ3) is 1.22. The van der Waals surface area contributed by atoms with Crippen LogP contribution in [-0.2, 0) is 5.41 Å². The smallest absolute Gasteiger partial charge is 0.185 e. The van der Waals surface area contributed by atoms with Crippen molar-refractivity contribution >= 4 is 5.82 Å². The monoisotopic (exact) mass is 243 g/mol. The molecule has 0 aliphatic heterocycles. The van der Waals surface area contributed by atoms with Crippen LogP contribution < -0.4 is 5.73 Å². The number of rotatable bonds is 1. The van der Waals surface area contributed by atoms with Crippen LogP contribution in [0.25, 0.3) is 0 Å². The molecule has 5 rings (SSSR count). The lowest BCUT2D eigenvalue weighted by Crippen LogP contribution is -2.48. The molecule has 1 aromatic heterocycles. The van der Waals surface area contributed by atoms with Gasteiger partial charge in [-0.25, -0.2) is 0 Å². The minimum absolute atomic E-state index is 0.0738. The molecule has 1 aromatic rings. The van der Waals surface area contributed by atoms with Crippen molar-refractivity contribution in [1.82, 2.24) is 5.16 Å². The quantitative estimate of drug-likeness (QED) is 0.822. The Kier molecular flexibility index (Phi) is 1.90. The standard InChI is InChI=1S/C14H17N3O/c15-7-11-12(18-17-13(11)16)14-4-8-1-9(5-14)3-10(2-8)6-14/h8-10H,1-6H2,(H2,16,17). The van der Waals surface area contributed by atoms with Crippen molar-refractivity contribution in [1.29, 1.82) is 5.26 Å². The number of aromatic nitrogens is 1. The Bertz CT molecular complexity index is 504. The summed E-state index contributed by atoms with van der Waals surface area (Å²) < 4.78 is 5.47. The molecule has 4 heteroatoms. The molecule has 4 nitrogen and oxygen atoms in total. The van der Waals surface area contributed by atoms with Gasteiger partial charge in [-0.2, -0.15) is 5.26 Å². The first-order valence-corrected chi connectivity index (χ1v) is 6.86. The van der Waals surface area contributed by atoms with E-state index in [-0.39, 0.29) is 11.2 Å². The fourth-order valence-corrected chi connectivity index (χ4v) is 5.16. The van der Waals surface area contributed by atoms with Gasteiger partial charge < -0.3 is 10.3 Å². The van der Waals surface area contributed by atoms with Crippen molar-refractivity contribution in [3.05, 3.63) is 11.3 Å². The van der Waals surface area contributed by atoms with Gasteiger partial charge in [0.25, 0.3) is 0 Å². The maximum atomic E-state index is 9.26. The third-order valence-corrected chi connectivity index (χ3v) is 5.35. The first kappa shape index (κ1) is 10.4. The summed E-state index contributed by atoms with van der Waals surface area (Å²) in [4.78, 5) is 0. The number of hydrogen-bond donors (Lipinski definition) is 1. The fourth-order valence-electron chi connectivity index (χ4n) is 5.16. The molecule has 4 bridgehead atoms. The zero-order valence-electron chi connectivity index (χ0n) is 10.4. The molecule has 4 aliphatic rings. The summed E-state index contributed by atoms with van der Waals surface area (Å²) in [5.74, 6) is 3.54. The molecular weight excluding hydrogens is 226 g/mol. The number of nitriles is 1. The van der Waals surface area contributed by atoms with E-state index in [1.54, 1.807) is 0 Å². The lowest BCUT2D eigenvalue weighted by molar-refractivity contribution is -0.0177. The first-order chi connectivity index (χ1) is 8.70. The van der Waals surface area contributed by atoms with Crippen LogP contribution in [0.5, 0.6) is 0 Å². The van der Waals surface area contributed by atoms with E-state index < -0.39 is 0 Å². The van der Waals surface area contributed by atoms with Crippen molar-refractivity contribution in [3.63, 3.8) is 0 Å². The van der Waals surface area contributed by atoms with Gasteiger partial charge in [-0.15, -0.1) is 0 Å². The molecule has 94 valence electrons. The van der Waals surface area contributed by atoms with Gasteiger partial charge in [0.05, 0.1) is 0 Å². The Balaban J connectivity index is 1.82. The fraction of sp³-hybridized carbons (Fsp3) is 0.714. The zero-order chi connectivity index (χ0) is 12.3. The van der Waals surface area contributed by atoms with Crippen molar-refractivity contribution < 1.29 is 4.52 Å². The van der Waals surface area contributed by atoms with E-state index in [4.69, 9.17) is 10.3 Å². The highest BCUT2D eigenvalue weighted by atomic mass is 16.5. The molecule has 18 heavy (non-hydrogen) atoms. The van der Waals surface area contributed by atoms with Gasteiger partial charge in [-0.1, -0.05) is 5.16 Å². The van der Waals surface area contributed by atoms with E-state index in [0.29, 0.717) is 5.56 Å². The van der Waals surface area contributed by atoms with Crippen LogP contribution in [0.3, 0.4) is 0 Å². The predicted molar refractivity (Wildman–Crippen MR) is 65.5 cm³/mol. The number of anilines is 1. The van der Waals surface area contributed by atoms with Crippen LogP contribution in [0.2, 0.25) is 0 Å². The highest BCUT2D eigenvalue weighted by molar-refractivity contribution is 5.52. The van der Waals surface area contributed by atoms with E-state index in [9.17, 15) is 5.26 Å². The maximum absolute atomic E-state index is 9.26. The van der Waals surface area contributed by atoms with Gasteiger partial charge in [0.1, 0.15) is 11.6 Å². The summed E-state index contributed by atoms with van der Waals surface area (Å²) in [6.45, 7) is 0. The van der Waals surface area contributed by atoms with E-state index in [1.165, 1.54) is 38.5 Å². The molecule has 0 aromatic carbocycles. The predicted octanol–water partition coefficient (Wildman–Crippen LogP) is 2.60. The van der Waals surface area contributed by atoms with Gasteiger partial charge in [-0.3, -0.25) is 0 Å². The maximum Gasteiger partial charge on any atom is 0.185 e. The molecule has 1 heterocycles. The summed E-state index contributed by atoms with van der Waals surface area (Å²) in [7, 11) is 0. The Morgan fingerprint density at radius 2 is 1.72 bits per heavy atom. The molecule has 0 atom stereocenters. The lowest BCUT2D eigenvalue weighted by Gasteiger charge is -2.55. The van der Waals surface area contributed by atoms with E-state index in [1.807, 2.05) is 0 Å². The Hall–Kier alpha value is -1.50. The lowest BCUT2D eigenvalue weighted by atomic mass is 9.49. The van der Waals surface area contributed by atoms with Crippen LogP contribution in [-0.4, -0.2) is 5.16 Å². The SMILES string of the molecule is N#Cc1c(N)noc1C12CC3CC(CC(C3)C1)C2. The van der Waals surface area contributed by atoms with Gasteiger partial charge in [0.15, 0.2) is 11.6 Å². The van der Waals surface area contributed by atoms with Gasteiger partial charge >= 0.3 is 0 Å². The first-order valence-electron chi connectivity index (χ1n) is 6.86. The minimum atomic E-state index is 0.0738. The van der Waals surface area contributed by atoms with Crippen LogP contribution in [0.1, 0.15) is 49.8 Å². The molecule has 0 spiro atoms. The molecule has 4 saturated carbocycles. The number of nitrogens with two attached hydrogens (primary N) is 1. The molecule has 4 fully saturated rings. The summed E-state index contributed by atoms with van der Waals surface area (Å²) >= 11 is 0. The number of hydrogen-bond acceptors (Lipinski definition) is 4. The number of nitrogen functional groups attached to an aromatic ring is 1. The van der Waals surface area contributed by atoms with Crippen LogP contribution in [0, 0.1) is 29.1 Å². The summed E-state index contributed by atoms with van der Waals surface area (Å²) in [5.41, 5.74) is 6.31. The van der Waals surface area contributed by atoms with Crippen molar-refractivity contribution in [2.24, 2.45) is 17.8 Å². The van der Waals surface area contributed by atoms with Crippen molar-refractivity contribution in [2.75, 3.05) is 5.73 Å². The van der Waals surface area contributed by atoms with Crippen molar-refractivity contribution in [3.8, 4) is 6.07 Å². The molecule has 0 saturated heterocycles. The Morgan fingerprint density at radius 3 is 2.22 bits per heavy atom. The molecule has 0 radical (unpaired) electrons. The molecule has 0 unspecified atom stereocenters. The molecular formula is C14H17N3O. The second-order valence-electron chi connectivity index (χ2n) is 6.58. The summed E-state index contributed by atoms with van der Waals surface area (Å²) in [6, 6.07) is 2.19. The van der Waals surface area contributed by atoms with Crippen molar-refractivity contribution in [2.45, 2.75) is 43.9 Å². The van der Waals surface area contributed by atoms with E-state index in [0.717, 1.165) is 23.5 Å². The number of nitrogens with zero attached hydrogens (tertiary/aromatic N) is 2. The second-order valence-corrected chi connectivity index (χ2v) is 6.58. The molecule has 0 amide bonds. The summed E-state index contributed by atoms with van der Waals surface area (Å²) in [6.07, 6.45) is 7.65. The highest BCUT2D eigenvalue weighted by Crippen LogP contribution is 2.61. The van der Waals surface area contributed by atoms with Crippen LogP contribution >= 0.6 is 0 Å². The van der Waals surface area contributed by atoms with Crippen LogP contribution in [0.4, 0.5) is 5.82 Å². The molecule has 2 N–H and O–H groups in total. The Labute approximate surface area is 106 Å². The average molecular weight is 243 g/mol. The van der Waals surface area contributed by atoms with Crippen LogP contribution in [0.15, 0.2) is 4.52 Å². The average Bonchev–Trinajstić information content (AvgIpc) is 2.69. The largest absolute Gasteiger partial charge is 0.380 e. The minimum Gasteiger partial charge on any atom is -0.380 e. The highest BCUT2D eigenvalue weighted by Gasteiger charge is 2.54. The van der Waals surface area contributed by atoms with Gasteiger partial charge in [-0.05, 0) is 56.3 Å². The Morgan fingerprint density at radius 1 is 1.17 bits per heavy atom. The van der Waals surface area contributed by atoms with E-state index >= 15 is 0 Å². The van der Waals surface area contributed by atoms with Gasteiger partial charge in [0, 0.05) is 5.41 Å². The second kappa shape index (κ2) is 3.28. The molecule has 4 aliphatic carbocycles. The zero-order valence-corrected chi connectivity index (χ0v) is 10.4. The van der Waals surface area contributed by atoms with E-state index in [2.05, 4.69) is 11.2 Å².